The van der Waals surface area contributed by atoms with Crippen LogP contribution in [-0.2, 0) is 114 Å². The van der Waals surface area contributed by atoms with E-state index in [1.54, 1.807) is 0 Å². The van der Waals surface area contributed by atoms with E-state index in [0.29, 0.717) is 0 Å². The summed E-state index contributed by atoms with van der Waals surface area (Å²) in [6, 6.07) is 0. The molecule has 0 bridgehead atoms. The Labute approximate surface area is 366 Å². The van der Waals surface area contributed by atoms with Gasteiger partial charge in [-0.25, -0.2) is 0 Å². The first kappa shape index (κ1) is 53.0. The standard InChI is InChI=1S/C39H54O25/c1-11-12-50-37-28(49)32(55-20(6)44)29(25(60-37)13-51-16(2)40)63-38-36(59-24(10)48)34(57-22(8)46)31(27(62-38)15-53-18(4)42)64-39-35(58-23(9)47)33(56-21(7)45)30(54-19(5)43)26(61-39)14-52-17(3)41/h11,25-39,49H,1,12-15H2,2-10H3/t25?,26?,27?,28?,29-,30-,31-,32+,33-,34-,35?,36?,37+,38-,39-/m0/s1. The minimum atomic E-state index is -1.96. The lowest BCUT2D eigenvalue weighted by Gasteiger charge is -2.50. The molecule has 0 radical (unpaired) electrons. The van der Waals surface area contributed by atoms with Gasteiger partial charge in [0.25, 0.3) is 0 Å². The van der Waals surface area contributed by atoms with Gasteiger partial charge in [0.15, 0.2) is 55.5 Å². The topological polar surface area (TPSA) is 312 Å². The van der Waals surface area contributed by atoms with E-state index in [-0.39, 0.29) is 6.61 Å². The number of esters is 9. The quantitative estimate of drug-likeness (QED) is 0.0901. The number of aliphatic hydroxyl groups is 1. The van der Waals surface area contributed by atoms with Crippen LogP contribution in [0.15, 0.2) is 12.7 Å². The van der Waals surface area contributed by atoms with E-state index >= 15 is 0 Å². The van der Waals surface area contributed by atoms with Crippen LogP contribution in [0.3, 0.4) is 0 Å². The Hall–Kier alpha value is -5.31. The fourth-order valence-electron chi connectivity index (χ4n) is 6.76. The fourth-order valence-corrected chi connectivity index (χ4v) is 6.76. The lowest BCUT2D eigenvalue weighted by Crippen LogP contribution is -2.68. The molecule has 0 saturated carbocycles. The van der Waals surface area contributed by atoms with E-state index in [0.717, 1.165) is 62.3 Å². The van der Waals surface area contributed by atoms with Crippen LogP contribution in [0, 0.1) is 0 Å². The van der Waals surface area contributed by atoms with Crippen LogP contribution in [0.5, 0.6) is 0 Å². The molecule has 1 N–H and O–H groups in total. The Morgan fingerprint density at radius 2 is 0.719 bits per heavy atom. The Bertz CT molecular complexity index is 1700. The molecule has 0 amide bonds. The van der Waals surface area contributed by atoms with Crippen molar-refractivity contribution in [3.63, 3.8) is 0 Å². The largest absolute Gasteiger partial charge is 0.463 e. The molecule has 360 valence electrons. The summed E-state index contributed by atoms with van der Waals surface area (Å²) >= 11 is 0. The normalized spacial score (nSPS) is 32.3. The third-order valence-corrected chi connectivity index (χ3v) is 8.92. The van der Waals surface area contributed by atoms with Crippen molar-refractivity contribution in [2.75, 3.05) is 26.4 Å². The molecule has 3 fully saturated rings. The van der Waals surface area contributed by atoms with Crippen LogP contribution in [0.25, 0.3) is 0 Å². The Balaban J connectivity index is 2.25. The molecule has 0 spiro atoms. The molecule has 15 atom stereocenters. The summed E-state index contributed by atoms with van der Waals surface area (Å²) in [7, 11) is 0. The lowest BCUT2D eigenvalue weighted by atomic mass is 9.95. The van der Waals surface area contributed by atoms with E-state index in [9.17, 15) is 48.3 Å². The lowest BCUT2D eigenvalue weighted by molar-refractivity contribution is -0.379. The smallest absolute Gasteiger partial charge is 0.303 e. The van der Waals surface area contributed by atoms with Gasteiger partial charge in [0.05, 0.1) is 6.61 Å². The van der Waals surface area contributed by atoms with Gasteiger partial charge in [0.1, 0.15) is 56.4 Å². The molecule has 3 aliphatic heterocycles. The predicted molar refractivity (Wildman–Crippen MR) is 201 cm³/mol. The molecule has 64 heavy (non-hydrogen) atoms. The highest BCUT2D eigenvalue weighted by Gasteiger charge is 2.59. The van der Waals surface area contributed by atoms with Crippen LogP contribution >= 0.6 is 0 Å². The molecule has 0 aromatic rings. The minimum Gasteiger partial charge on any atom is -0.463 e. The van der Waals surface area contributed by atoms with Gasteiger partial charge < -0.3 is 76.2 Å². The second-order valence-corrected chi connectivity index (χ2v) is 14.3. The Morgan fingerprint density at radius 1 is 0.422 bits per heavy atom. The Kier molecular flexibility index (Phi) is 20.4. The number of aliphatic hydroxyl groups excluding tert-OH is 1. The molecule has 0 aliphatic carbocycles. The van der Waals surface area contributed by atoms with Gasteiger partial charge in [-0.1, -0.05) is 6.08 Å². The molecule has 3 saturated heterocycles. The minimum absolute atomic E-state index is 0.163. The first-order chi connectivity index (χ1) is 30.0. The van der Waals surface area contributed by atoms with Gasteiger partial charge in [-0.3, -0.25) is 43.2 Å². The van der Waals surface area contributed by atoms with E-state index in [2.05, 4.69) is 6.58 Å². The second-order valence-electron chi connectivity index (χ2n) is 14.3. The van der Waals surface area contributed by atoms with Crippen molar-refractivity contribution < 1.29 is 119 Å². The van der Waals surface area contributed by atoms with Crippen molar-refractivity contribution in [1.82, 2.24) is 0 Å². The summed E-state index contributed by atoms with van der Waals surface area (Å²) in [4.78, 5) is 112. The molecule has 3 heterocycles. The average Bonchev–Trinajstić information content (AvgIpc) is 3.17. The van der Waals surface area contributed by atoms with Crippen molar-refractivity contribution >= 4 is 53.7 Å². The highest BCUT2D eigenvalue weighted by Crippen LogP contribution is 2.37. The number of hydrogen-bond acceptors (Lipinski definition) is 25. The first-order valence-corrected chi connectivity index (χ1v) is 19.6. The average molecular weight is 923 g/mol. The highest BCUT2D eigenvalue weighted by molar-refractivity contribution is 5.70. The number of rotatable bonds is 19. The number of ether oxygens (including phenoxy) is 15. The van der Waals surface area contributed by atoms with Gasteiger partial charge in [-0.05, 0) is 0 Å². The zero-order chi connectivity index (χ0) is 48.0. The summed E-state index contributed by atoms with van der Waals surface area (Å²) in [6.45, 7) is 10.4. The van der Waals surface area contributed by atoms with Crippen molar-refractivity contribution in [3.05, 3.63) is 12.7 Å². The second kappa shape index (κ2) is 24.7. The SMILES string of the molecule is C=CCO[C@@H]1OC(COC(C)=O)[C@H](O[C@@H]2OC(COC(C)=O)[C@H](O[C@@H]3OC(COC(C)=O)[C@H](OC(C)=O)[C@H](OC(C)=O)C3OC(C)=O)[C@H](OC(C)=O)C2OC(C)=O)[C@H](OC(C)=O)C1O. The molecule has 25 nitrogen and oxygen atoms in total. The molecule has 3 rings (SSSR count). The van der Waals surface area contributed by atoms with E-state index < -0.39 is 166 Å². The van der Waals surface area contributed by atoms with Gasteiger partial charge in [0.2, 0.25) is 0 Å². The summed E-state index contributed by atoms with van der Waals surface area (Å²) in [5, 5.41) is 11.4. The van der Waals surface area contributed by atoms with Crippen LogP contribution in [0.4, 0.5) is 0 Å². The van der Waals surface area contributed by atoms with Crippen LogP contribution in [-0.4, -0.2) is 177 Å². The van der Waals surface area contributed by atoms with E-state index in [4.69, 9.17) is 71.1 Å². The van der Waals surface area contributed by atoms with Crippen molar-refractivity contribution in [2.24, 2.45) is 0 Å². The maximum atomic E-state index is 12.9. The van der Waals surface area contributed by atoms with Crippen molar-refractivity contribution in [2.45, 2.75) is 154 Å². The molecular weight excluding hydrogens is 868 g/mol. The molecule has 3 aliphatic rings. The molecule has 0 aromatic carbocycles. The van der Waals surface area contributed by atoms with Crippen LogP contribution in [0.1, 0.15) is 62.3 Å². The van der Waals surface area contributed by atoms with Gasteiger partial charge >= 0.3 is 53.7 Å². The Morgan fingerprint density at radius 3 is 1.08 bits per heavy atom. The van der Waals surface area contributed by atoms with E-state index in [1.165, 1.54) is 6.08 Å². The predicted octanol–water partition coefficient (Wildman–Crippen LogP) is -1.23. The molecular formula is C39H54O25. The highest BCUT2D eigenvalue weighted by atomic mass is 16.8. The first-order valence-electron chi connectivity index (χ1n) is 19.6. The summed E-state index contributed by atoms with van der Waals surface area (Å²) in [5.41, 5.74) is 0. The van der Waals surface area contributed by atoms with E-state index in [1.807, 2.05) is 0 Å². The maximum absolute atomic E-state index is 12.9. The van der Waals surface area contributed by atoms with Crippen LogP contribution in [0.2, 0.25) is 0 Å². The monoisotopic (exact) mass is 922 g/mol. The third-order valence-electron chi connectivity index (χ3n) is 8.92. The van der Waals surface area contributed by atoms with Gasteiger partial charge in [0, 0.05) is 62.3 Å². The zero-order valence-corrected chi connectivity index (χ0v) is 36.5. The summed E-state index contributed by atoms with van der Waals surface area (Å²) in [6.07, 6.45) is -24.8. The zero-order valence-electron chi connectivity index (χ0n) is 36.5. The molecule has 25 heteroatoms. The number of carbonyl (C=O) groups excluding carboxylic acids is 9. The van der Waals surface area contributed by atoms with Crippen LogP contribution < -0.4 is 0 Å². The van der Waals surface area contributed by atoms with Gasteiger partial charge in [-0.2, -0.15) is 0 Å². The van der Waals surface area contributed by atoms with Crippen molar-refractivity contribution in [3.8, 4) is 0 Å². The fraction of sp³-hybridized carbons (Fsp3) is 0.718. The molecule has 6 unspecified atom stereocenters. The molecule has 0 aromatic heterocycles. The number of carbonyl (C=O) groups is 9. The number of hydrogen-bond donors (Lipinski definition) is 1. The third kappa shape index (κ3) is 15.7. The maximum Gasteiger partial charge on any atom is 0.303 e. The summed E-state index contributed by atoms with van der Waals surface area (Å²) < 4.78 is 85.2. The van der Waals surface area contributed by atoms with Crippen molar-refractivity contribution in [1.29, 1.82) is 0 Å². The summed E-state index contributed by atoms with van der Waals surface area (Å²) in [5.74, 6) is -8.37. The van der Waals surface area contributed by atoms with Gasteiger partial charge in [-0.15, -0.1) is 6.58 Å².